The molecule has 5 heteroatoms. The second-order valence-corrected chi connectivity index (χ2v) is 6.00. The van der Waals surface area contributed by atoms with Crippen LogP contribution in [0, 0.1) is 0 Å². The van der Waals surface area contributed by atoms with Crippen molar-refractivity contribution in [3.63, 3.8) is 0 Å². The highest BCUT2D eigenvalue weighted by molar-refractivity contribution is 5.75. The molecule has 0 spiro atoms. The molecule has 2 aromatic rings. The van der Waals surface area contributed by atoms with Crippen LogP contribution in [0.5, 0.6) is 0 Å². The normalized spacial score (nSPS) is 16.9. The number of urea groups is 1. The zero-order chi connectivity index (χ0) is 16.1. The van der Waals surface area contributed by atoms with Gasteiger partial charge in [0.2, 0.25) is 0 Å². The van der Waals surface area contributed by atoms with Crippen molar-refractivity contribution in [3.8, 4) is 0 Å². The Morgan fingerprint density at radius 1 is 1.17 bits per heavy atom. The number of carbonyl (C=O) groups excluding carboxylic acids is 1. The summed E-state index contributed by atoms with van der Waals surface area (Å²) in [6.45, 7) is 0.280. The minimum Gasteiger partial charge on any atom is -0.388 e. The van der Waals surface area contributed by atoms with E-state index in [4.69, 9.17) is 0 Å². The first-order chi connectivity index (χ1) is 11.2. The molecule has 0 aliphatic heterocycles. The maximum absolute atomic E-state index is 12.2. The molecular weight excluding hydrogens is 290 g/mol. The second-order valence-electron chi connectivity index (χ2n) is 6.00. The van der Waals surface area contributed by atoms with Crippen molar-refractivity contribution in [3.05, 3.63) is 66.0 Å². The van der Waals surface area contributed by atoms with Gasteiger partial charge in [0.05, 0.1) is 17.3 Å². The van der Waals surface area contributed by atoms with Gasteiger partial charge in [-0.15, -0.1) is 0 Å². The Morgan fingerprint density at radius 3 is 2.52 bits per heavy atom. The maximum atomic E-state index is 12.2. The molecule has 1 atom stereocenters. The van der Waals surface area contributed by atoms with Gasteiger partial charge in [0, 0.05) is 12.7 Å². The number of carbonyl (C=O) groups is 1. The standard InChI is InChI=1S/C18H21N3O2/c22-17(20-13-18(23)10-6-11-18)21-16(14-7-2-1-3-8-14)15-9-4-5-12-19-15/h1-5,7-9,12,16,23H,6,10-11,13H2,(H2,20,21,22). The van der Waals surface area contributed by atoms with E-state index < -0.39 is 5.60 Å². The van der Waals surface area contributed by atoms with Crippen LogP contribution >= 0.6 is 0 Å². The fraction of sp³-hybridized carbons (Fsp3) is 0.333. The number of hydrogen-bond acceptors (Lipinski definition) is 3. The lowest BCUT2D eigenvalue weighted by molar-refractivity contribution is -0.0290. The lowest BCUT2D eigenvalue weighted by Crippen LogP contribution is -2.50. The van der Waals surface area contributed by atoms with Gasteiger partial charge in [-0.05, 0) is 37.0 Å². The minimum atomic E-state index is -0.732. The summed E-state index contributed by atoms with van der Waals surface area (Å²) in [7, 11) is 0. The number of pyridine rings is 1. The van der Waals surface area contributed by atoms with Gasteiger partial charge in [-0.3, -0.25) is 4.98 Å². The van der Waals surface area contributed by atoms with Gasteiger partial charge in [-0.1, -0.05) is 36.4 Å². The third-order valence-corrected chi connectivity index (χ3v) is 4.25. The molecule has 0 saturated heterocycles. The summed E-state index contributed by atoms with van der Waals surface area (Å²) in [6, 6.07) is 14.7. The van der Waals surface area contributed by atoms with Crippen LogP contribution in [0.2, 0.25) is 0 Å². The second kappa shape index (κ2) is 6.79. The first-order valence-electron chi connectivity index (χ1n) is 7.89. The van der Waals surface area contributed by atoms with Gasteiger partial charge in [0.15, 0.2) is 0 Å². The molecule has 1 aromatic carbocycles. The van der Waals surface area contributed by atoms with Crippen LogP contribution < -0.4 is 10.6 Å². The SMILES string of the molecule is O=C(NCC1(O)CCC1)NC(c1ccccc1)c1ccccn1. The van der Waals surface area contributed by atoms with Crippen molar-refractivity contribution in [1.82, 2.24) is 15.6 Å². The van der Waals surface area contributed by atoms with Crippen LogP contribution in [-0.2, 0) is 0 Å². The molecular formula is C18H21N3O2. The molecule has 3 rings (SSSR count). The molecule has 2 amide bonds. The summed E-state index contributed by atoms with van der Waals surface area (Å²) >= 11 is 0. The first kappa shape index (κ1) is 15.5. The average molecular weight is 311 g/mol. The van der Waals surface area contributed by atoms with E-state index in [1.165, 1.54) is 0 Å². The smallest absolute Gasteiger partial charge is 0.315 e. The Bertz CT molecular complexity index is 602. The monoisotopic (exact) mass is 311 g/mol. The highest BCUT2D eigenvalue weighted by atomic mass is 16.3. The molecule has 1 fully saturated rings. The van der Waals surface area contributed by atoms with Crippen LogP contribution in [0.1, 0.15) is 36.6 Å². The van der Waals surface area contributed by atoms with Crippen molar-refractivity contribution in [2.75, 3.05) is 6.54 Å². The van der Waals surface area contributed by atoms with Crippen LogP contribution in [0.4, 0.5) is 4.79 Å². The van der Waals surface area contributed by atoms with E-state index in [-0.39, 0.29) is 18.6 Å². The Labute approximate surface area is 135 Å². The summed E-state index contributed by atoms with van der Waals surface area (Å²) in [5, 5.41) is 15.8. The van der Waals surface area contributed by atoms with Crippen LogP contribution in [0.3, 0.4) is 0 Å². The van der Waals surface area contributed by atoms with Crippen molar-refractivity contribution < 1.29 is 9.90 Å². The van der Waals surface area contributed by atoms with Crippen molar-refractivity contribution in [2.24, 2.45) is 0 Å². The van der Waals surface area contributed by atoms with E-state index in [1.54, 1.807) is 6.20 Å². The summed E-state index contributed by atoms with van der Waals surface area (Å²) in [4.78, 5) is 16.6. The van der Waals surface area contributed by atoms with E-state index in [0.29, 0.717) is 0 Å². The molecule has 3 N–H and O–H groups in total. The van der Waals surface area contributed by atoms with Gasteiger partial charge in [0.25, 0.3) is 0 Å². The van der Waals surface area contributed by atoms with Gasteiger partial charge in [-0.2, -0.15) is 0 Å². The summed E-state index contributed by atoms with van der Waals surface area (Å²) < 4.78 is 0. The predicted octanol–water partition coefficient (Wildman–Crippen LogP) is 2.39. The molecule has 1 aliphatic rings. The Kier molecular flexibility index (Phi) is 4.57. The maximum Gasteiger partial charge on any atom is 0.315 e. The topological polar surface area (TPSA) is 74.2 Å². The molecule has 5 nitrogen and oxygen atoms in total. The van der Waals surface area contributed by atoms with Crippen LogP contribution in [-0.4, -0.2) is 28.3 Å². The highest BCUT2D eigenvalue weighted by Crippen LogP contribution is 2.30. The highest BCUT2D eigenvalue weighted by Gasteiger charge is 2.34. The Hall–Kier alpha value is -2.40. The van der Waals surface area contributed by atoms with Crippen molar-refractivity contribution in [1.29, 1.82) is 0 Å². The number of amides is 2. The number of nitrogens with zero attached hydrogens (tertiary/aromatic N) is 1. The first-order valence-corrected chi connectivity index (χ1v) is 7.89. The summed E-state index contributed by atoms with van der Waals surface area (Å²) in [5.41, 5.74) is 1.00. The zero-order valence-electron chi connectivity index (χ0n) is 12.9. The number of hydrogen-bond donors (Lipinski definition) is 3. The van der Waals surface area contributed by atoms with Crippen molar-refractivity contribution in [2.45, 2.75) is 30.9 Å². The Balaban J connectivity index is 1.70. The molecule has 23 heavy (non-hydrogen) atoms. The lowest BCUT2D eigenvalue weighted by Gasteiger charge is -2.36. The quantitative estimate of drug-likeness (QED) is 0.793. The number of rotatable bonds is 5. The average Bonchev–Trinajstić information content (AvgIpc) is 2.58. The number of aromatic nitrogens is 1. The largest absolute Gasteiger partial charge is 0.388 e. The van der Waals surface area contributed by atoms with Gasteiger partial charge < -0.3 is 15.7 Å². The van der Waals surface area contributed by atoms with E-state index in [0.717, 1.165) is 30.5 Å². The predicted molar refractivity (Wildman–Crippen MR) is 87.9 cm³/mol. The van der Waals surface area contributed by atoms with Gasteiger partial charge in [-0.25, -0.2) is 4.79 Å². The lowest BCUT2D eigenvalue weighted by atomic mass is 9.80. The van der Waals surface area contributed by atoms with Gasteiger partial charge >= 0.3 is 6.03 Å². The summed E-state index contributed by atoms with van der Waals surface area (Å²) in [6.07, 6.45) is 4.22. The number of benzene rings is 1. The third-order valence-electron chi connectivity index (χ3n) is 4.25. The van der Waals surface area contributed by atoms with Crippen LogP contribution in [0.15, 0.2) is 54.7 Å². The van der Waals surface area contributed by atoms with E-state index in [2.05, 4.69) is 15.6 Å². The van der Waals surface area contributed by atoms with Crippen molar-refractivity contribution >= 4 is 6.03 Å². The molecule has 1 aliphatic carbocycles. The molecule has 120 valence electrons. The molecule has 1 aromatic heterocycles. The third kappa shape index (κ3) is 3.87. The zero-order valence-corrected chi connectivity index (χ0v) is 12.9. The van der Waals surface area contributed by atoms with Gasteiger partial charge in [0.1, 0.15) is 0 Å². The Morgan fingerprint density at radius 2 is 1.91 bits per heavy atom. The fourth-order valence-electron chi connectivity index (χ4n) is 2.71. The summed E-state index contributed by atoms with van der Waals surface area (Å²) in [5.74, 6) is 0. The molecule has 1 heterocycles. The van der Waals surface area contributed by atoms with E-state index in [1.807, 2.05) is 48.5 Å². The van der Waals surface area contributed by atoms with E-state index in [9.17, 15) is 9.90 Å². The molecule has 1 unspecified atom stereocenters. The minimum absolute atomic E-state index is 0.280. The number of nitrogens with one attached hydrogen (secondary N) is 2. The van der Waals surface area contributed by atoms with Crippen LogP contribution in [0.25, 0.3) is 0 Å². The number of aliphatic hydroxyl groups is 1. The molecule has 0 bridgehead atoms. The van der Waals surface area contributed by atoms with E-state index >= 15 is 0 Å². The fourth-order valence-corrected chi connectivity index (χ4v) is 2.71. The molecule has 1 saturated carbocycles. The molecule has 0 radical (unpaired) electrons.